The Morgan fingerprint density at radius 2 is 1.82 bits per heavy atom. The normalized spacial score (nSPS) is 8.65. The molecule has 98 valence electrons. The highest BCUT2D eigenvalue weighted by atomic mass is 16.5. The Kier molecular flexibility index (Phi) is 7.17. The molecule has 0 saturated carbocycles. The minimum Gasteiger partial charge on any atom is -0.445 e. The van der Waals surface area contributed by atoms with Crippen molar-refractivity contribution in [3.05, 3.63) is 29.8 Å². The molecular weight excluding hydrogens is 220 g/mol. The van der Waals surface area contributed by atoms with Gasteiger partial charge in [-0.3, -0.25) is 4.79 Å². The quantitative estimate of drug-likeness (QED) is 0.855. The molecule has 0 unspecified atom stereocenters. The molecule has 0 aliphatic heterocycles. The van der Waals surface area contributed by atoms with Crippen LogP contribution in [0.15, 0.2) is 24.3 Å². The maximum absolute atomic E-state index is 10.7. The minimum absolute atomic E-state index is 0. The van der Waals surface area contributed by atoms with Crippen LogP contribution in [0, 0.1) is 0 Å². The van der Waals surface area contributed by atoms with Crippen LogP contribution in [0.2, 0.25) is 0 Å². The number of benzene rings is 1. The summed E-state index contributed by atoms with van der Waals surface area (Å²) in [5.41, 5.74) is 6.33. The van der Waals surface area contributed by atoms with Gasteiger partial charge in [-0.2, -0.15) is 0 Å². The lowest BCUT2D eigenvalue weighted by atomic mass is 10.2. The van der Waals surface area contributed by atoms with E-state index in [1.807, 2.05) is 13.8 Å². The van der Waals surface area contributed by atoms with E-state index in [0.29, 0.717) is 5.69 Å². The number of rotatable bonds is 3. The first kappa shape index (κ1) is 15.0. The summed E-state index contributed by atoms with van der Waals surface area (Å²) >= 11 is 0. The van der Waals surface area contributed by atoms with Crippen molar-refractivity contribution in [3.63, 3.8) is 0 Å². The fourth-order valence-electron chi connectivity index (χ4n) is 1.04. The van der Waals surface area contributed by atoms with E-state index in [1.165, 1.54) is 6.92 Å². The first-order valence-electron chi connectivity index (χ1n) is 5.36. The second kappa shape index (κ2) is 8.15. The van der Waals surface area contributed by atoms with Gasteiger partial charge in [0.2, 0.25) is 5.91 Å². The molecule has 0 radical (unpaired) electrons. The topological polar surface area (TPSA) is 81.4 Å². The van der Waals surface area contributed by atoms with Gasteiger partial charge in [-0.1, -0.05) is 26.0 Å². The van der Waals surface area contributed by atoms with Crippen molar-refractivity contribution in [2.24, 2.45) is 5.73 Å². The Morgan fingerprint density at radius 1 is 1.29 bits per heavy atom. The molecular formula is C12H22N2O3. The van der Waals surface area contributed by atoms with Crippen molar-refractivity contribution in [3.8, 4) is 0 Å². The van der Waals surface area contributed by atoms with Gasteiger partial charge in [0.15, 0.2) is 0 Å². The van der Waals surface area contributed by atoms with Crippen molar-refractivity contribution in [1.29, 1.82) is 0 Å². The molecule has 1 aromatic carbocycles. The number of hydrogen-bond acceptors (Lipinski definition) is 3. The van der Waals surface area contributed by atoms with Crippen molar-refractivity contribution in [2.75, 3.05) is 5.32 Å². The minimum atomic E-state index is -0.805. The lowest BCUT2D eigenvalue weighted by Crippen LogP contribution is -2.12. The number of ether oxygens (including phenoxy) is 1. The number of carbonyl (C=O) groups is 2. The third-order valence-electron chi connectivity index (χ3n) is 1.66. The molecule has 5 nitrogen and oxygen atoms in total. The number of amides is 2. The first-order chi connectivity index (χ1) is 8.08. The molecule has 2 amide bonds. The SMILES string of the molecule is CC.CC(=O)Nc1ccc(COC(N)=O)cc1.[HH].[HH]. The van der Waals surface area contributed by atoms with Gasteiger partial charge in [0.1, 0.15) is 6.61 Å². The molecule has 0 atom stereocenters. The number of nitrogens with two attached hydrogens (primary N) is 1. The fourth-order valence-corrected chi connectivity index (χ4v) is 1.04. The molecule has 0 fully saturated rings. The van der Waals surface area contributed by atoms with Gasteiger partial charge in [-0.25, -0.2) is 4.79 Å². The smallest absolute Gasteiger partial charge is 0.404 e. The molecule has 17 heavy (non-hydrogen) atoms. The second-order valence-corrected chi connectivity index (χ2v) is 2.99. The van der Waals surface area contributed by atoms with Gasteiger partial charge in [-0.15, -0.1) is 0 Å². The van der Waals surface area contributed by atoms with Crippen LogP contribution < -0.4 is 11.1 Å². The maximum atomic E-state index is 10.7. The van der Waals surface area contributed by atoms with Crippen LogP contribution in [0.25, 0.3) is 0 Å². The Bertz CT molecular complexity index is 370. The molecule has 3 N–H and O–H groups in total. The summed E-state index contributed by atoms with van der Waals surface area (Å²) in [6, 6.07) is 6.94. The maximum Gasteiger partial charge on any atom is 0.404 e. The summed E-state index contributed by atoms with van der Waals surface area (Å²) in [5, 5.41) is 2.63. The first-order valence-corrected chi connectivity index (χ1v) is 5.36. The zero-order chi connectivity index (χ0) is 13.3. The molecule has 1 aromatic rings. The highest BCUT2D eigenvalue weighted by Crippen LogP contribution is 2.10. The largest absolute Gasteiger partial charge is 0.445 e. The standard InChI is InChI=1S/C10H12N2O3.C2H6.2H2/c1-7(13)12-9-4-2-8(3-5-9)6-15-10(11)14;1-2;;/h2-5H,6H2,1H3,(H2,11,14)(H,12,13);1-2H3;2*1H. The van der Waals surface area contributed by atoms with Gasteiger partial charge in [0.25, 0.3) is 0 Å². The molecule has 0 aliphatic rings. The number of nitrogens with one attached hydrogen (secondary N) is 1. The predicted molar refractivity (Wildman–Crippen MR) is 70.7 cm³/mol. The summed E-state index contributed by atoms with van der Waals surface area (Å²) in [6.07, 6.45) is -0.805. The number of hydrogen-bond donors (Lipinski definition) is 2. The van der Waals surface area contributed by atoms with E-state index in [0.717, 1.165) is 5.56 Å². The van der Waals surface area contributed by atoms with Crippen molar-refractivity contribution >= 4 is 17.7 Å². The van der Waals surface area contributed by atoms with Crippen LogP contribution in [-0.2, 0) is 16.1 Å². The fraction of sp³-hybridized carbons (Fsp3) is 0.333. The molecule has 5 heteroatoms. The summed E-state index contributed by atoms with van der Waals surface area (Å²) in [5.74, 6) is -0.129. The summed E-state index contributed by atoms with van der Waals surface area (Å²) < 4.78 is 4.60. The highest BCUT2D eigenvalue weighted by molar-refractivity contribution is 5.88. The van der Waals surface area contributed by atoms with Crippen LogP contribution in [0.1, 0.15) is 29.2 Å². The lowest BCUT2D eigenvalue weighted by molar-refractivity contribution is -0.114. The monoisotopic (exact) mass is 242 g/mol. The van der Waals surface area contributed by atoms with Crippen LogP contribution in [0.3, 0.4) is 0 Å². The van der Waals surface area contributed by atoms with E-state index < -0.39 is 6.09 Å². The molecule has 0 saturated heterocycles. The predicted octanol–water partition coefficient (Wildman–Crippen LogP) is 2.76. The number of primary amides is 1. The van der Waals surface area contributed by atoms with Crippen molar-refractivity contribution < 1.29 is 17.2 Å². The highest BCUT2D eigenvalue weighted by Gasteiger charge is 1.98. The number of carbonyl (C=O) groups excluding carboxylic acids is 2. The van der Waals surface area contributed by atoms with E-state index in [-0.39, 0.29) is 15.4 Å². The average Bonchev–Trinajstić information content (AvgIpc) is 2.30. The van der Waals surface area contributed by atoms with Gasteiger partial charge >= 0.3 is 6.09 Å². The second-order valence-electron chi connectivity index (χ2n) is 2.99. The summed E-state index contributed by atoms with van der Waals surface area (Å²) in [7, 11) is 0. The van der Waals surface area contributed by atoms with E-state index in [9.17, 15) is 9.59 Å². The van der Waals surface area contributed by atoms with Gasteiger partial charge in [0, 0.05) is 15.5 Å². The number of anilines is 1. The zero-order valence-electron chi connectivity index (χ0n) is 10.3. The Morgan fingerprint density at radius 3 is 2.24 bits per heavy atom. The molecule has 0 bridgehead atoms. The van der Waals surface area contributed by atoms with Crippen LogP contribution in [0.5, 0.6) is 0 Å². The molecule has 1 rings (SSSR count). The van der Waals surface area contributed by atoms with Crippen molar-refractivity contribution in [2.45, 2.75) is 27.4 Å². The van der Waals surface area contributed by atoms with E-state index in [4.69, 9.17) is 5.73 Å². The zero-order valence-corrected chi connectivity index (χ0v) is 10.3. The molecule has 0 heterocycles. The third-order valence-corrected chi connectivity index (χ3v) is 1.66. The van der Waals surface area contributed by atoms with Crippen LogP contribution >= 0.6 is 0 Å². The Balaban J connectivity index is -0.000000609. The molecule has 0 aromatic heterocycles. The molecule has 0 spiro atoms. The summed E-state index contributed by atoms with van der Waals surface area (Å²) in [6.45, 7) is 5.57. The van der Waals surface area contributed by atoms with Gasteiger partial charge < -0.3 is 15.8 Å². The van der Waals surface area contributed by atoms with Crippen molar-refractivity contribution in [1.82, 2.24) is 0 Å². The third kappa shape index (κ3) is 6.94. The van der Waals surface area contributed by atoms with Gasteiger partial charge in [0.05, 0.1) is 0 Å². The van der Waals surface area contributed by atoms with Gasteiger partial charge in [-0.05, 0) is 17.7 Å². The van der Waals surface area contributed by atoms with Crippen LogP contribution in [-0.4, -0.2) is 12.0 Å². The average molecular weight is 242 g/mol. The van der Waals surface area contributed by atoms with E-state index in [2.05, 4.69) is 10.1 Å². The van der Waals surface area contributed by atoms with E-state index in [1.54, 1.807) is 24.3 Å². The molecule has 0 aliphatic carbocycles. The lowest BCUT2D eigenvalue weighted by Gasteiger charge is -2.04. The van der Waals surface area contributed by atoms with E-state index >= 15 is 0 Å². The Hall–Kier alpha value is -2.04. The summed E-state index contributed by atoms with van der Waals surface area (Å²) in [4.78, 5) is 21.0. The Labute approximate surface area is 104 Å². The van der Waals surface area contributed by atoms with Crippen LogP contribution in [0.4, 0.5) is 10.5 Å².